The second-order valence-electron chi connectivity index (χ2n) is 6.37. The third-order valence-electron chi connectivity index (χ3n) is 4.57. The van der Waals surface area contributed by atoms with Crippen LogP contribution in [-0.4, -0.2) is 60.7 Å². The number of halogens is 1. The number of carboxylic acids is 1. The van der Waals surface area contributed by atoms with Crippen LogP contribution in [0.1, 0.15) is 26.2 Å². The number of carboxylic acid groups (broad SMARTS) is 1. The van der Waals surface area contributed by atoms with E-state index < -0.39 is 5.97 Å². The fourth-order valence-electron chi connectivity index (χ4n) is 3.11. The van der Waals surface area contributed by atoms with Gasteiger partial charge >= 0.3 is 5.97 Å². The van der Waals surface area contributed by atoms with Gasteiger partial charge in [-0.1, -0.05) is 18.5 Å². The number of carbonyl (C=O) groups is 2. The number of carbonyl (C=O) groups excluding carboxylic acids is 1. The Morgan fingerprint density at radius 3 is 2.73 bits per heavy atom. The van der Waals surface area contributed by atoms with Crippen LogP contribution in [0.15, 0.2) is 18.2 Å². The number of nitrogens with one attached hydrogen (secondary N) is 2. The van der Waals surface area contributed by atoms with Crippen molar-refractivity contribution in [1.82, 2.24) is 10.2 Å². The molecule has 0 radical (unpaired) electrons. The minimum Gasteiger partial charge on any atom is -0.495 e. The lowest BCUT2D eigenvalue weighted by atomic mass is 9.85. The van der Waals surface area contributed by atoms with Crippen LogP contribution in [0.5, 0.6) is 5.75 Å². The van der Waals surface area contributed by atoms with Crippen molar-refractivity contribution < 1.29 is 19.4 Å². The lowest BCUT2D eigenvalue weighted by molar-refractivity contribution is -0.139. The zero-order chi connectivity index (χ0) is 19.1. The first kappa shape index (κ1) is 20.3. The third-order valence-corrected chi connectivity index (χ3v) is 4.80. The van der Waals surface area contributed by atoms with E-state index in [1.807, 2.05) is 11.8 Å². The molecular weight excluding hydrogens is 358 g/mol. The molecule has 7 nitrogen and oxygen atoms in total. The number of likely N-dealkylation sites (N-methyl/N-ethyl adjacent to an activating group) is 1. The van der Waals surface area contributed by atoms with Crippen molar-refractivity contribution in [2.45, 2.75) is 38.3 Å². The lowest BCUT2D eigenvalue weighted by Gasteiger charge is -2.42. The SMILES string of the molecule is CCN(CC(=O)O)C1CC(NC(=O)CCNc2cc(Cl)ccc2OC)C1. The predicted molar refractivity (Wildman–Crippen MR) is 101 cm³/mol. The van der Waals surface area contributed by atoms with Gasteiger partial charge in [0.1, 0.15) is 5.75 Å². The molecule has 0 aromatic heterocycles. The molecule has 1 aromatic rings. The van der Waals surface area contributed by atoms with E-state index in [0.29, 0.717) is 30.3 Å². The van der Waals surface area contributed by atoms with Crippen molar-refractivity contribution in [2.75, 3.05) is 32.1 Å². The Balaban J connectivity index is 1.69. The number of hydrogen-bond donors (Lipinski definition) is 3. The van der Waals surface area contributed by atoms with Crippen LogP contribution in [0.25, 0.3) is 0 Å². The van der Waals surface area contributed by atoms with Gasteiger partial charge in [-0.05, 0) is 37.6 Å². The number of rotatable bonds is 10. The molecule has 8 heteroatoms. The average Bonchev–Trinajstić information content (AvgIpc) is 2.56. The maximum absolute atomic E-state index is 12.1. The fraction of sp³-hybridized carbons (Fsp3) is 0.556. The van der Waals surface area contributed by atoms with Gasteiger partial charge in [0.25, 0.3) is 0 Å². The number of benzene rings is 1. The summed E-state index contributed by atoms with van der Waals surface area (Å²) in [7, 11) is 1.58. The van der Waals surface area contributed by atoms with Crippen molar-refractivity contribution in [3.63, 3.8) is 0 Å². The highest BCUT2D eigenvalue weighted by Crippen LogP contribution is 2.28. The summed E-state index contributed by atoms with van der Waals surface area (Å²) in [6.45, 7) is 3.17. The quantitative estimate of drug-likeness (QED) is 0.573. The molecule has 26 heavy (non-hydrogen) atoms. The smallest absolute Gasteiger partial charge is 0.317 e. The van der Waals surface area contributed by atoms with E-state index in [2.05, 4.69) is 10.6 Å². The molecule has 144 valence electrons. The Morgan fingerprint density at radius 1 is 1.38 bits per heavy atom. The zero-order valence-electron chi connectivity index (χ0n) is 15.1. The average molecular weight is 384 g/mol. The summed E-state index contributed by atoms with van der Waals surface area (Å²) in [6.07, 6.45) is 1.92. The molecule has 3 N–H and O–H groups in total. The molecule has 1 amide bonds. The Bertz CT molecular complexity index is 635. The van der Waals surface area contributed by atoms with E-state index in [9.17, 15) is 9.59 Å². The normalized spacial score (nSPS) is 18.9. The molecule has 0 atom stereocenters. The second-order valence-corrected chi connectivity index (χ2v) is 6.80. The van der Waals surface area contributed by atoms with Crippen LogP contribution in [0, 0.1) is 0 Å². The Labute approximate surface area is 158 Å². The van der Waals surface area contributed by atoms with Gasteiger partial charge in [0, 0.05) is 30.1 Å². The Kier molecular flexibility index (Phi) is 7.53. The van der Waals surface area contributed by atoms with Crippen LogP contribution >= 0.6 is 11.6 Å². The number of nitrogens with zero attached hydrogens (tertiary/aromatic N) is 1. The van der Waals surface area contributed by atoms with Gasteiger partial charge in [-0.15, -0.1) is 0 Å². The van der Waals surface area contributed by atoms with E-state index in [1.165, 1.54) is 0 Å². The maximum Gasteiger partial charge on any atom is 0.317 e. The monoisotopic (exact) mass is 383 g/mol. The molecule has 2 rings (SSSR count). The molecule has 1 aliphatic rings. The molecule has 0 unspecified atom stereocenters. The van der Waals surface area contributed by atoms with Crippen LogP contribution < -0.4 is 15.4 Å². The number of anilines is 1. The van der Waals surface area contributed by atoms with Crippen LogP contribution in [0.3, 0.4) is 0 Å². The van der Waals surface area contributed by atoms with Gasteiger partial charge in [-0.2, -0.15) is 0 Å². The Morgan fingerprint density at radius 2 is 2.12 bits per heavy atom. The molecule has 1 fully saturated rings. The molecule has 1 aliphatic carbocycles. The number of ether oxygens (including phenoxy) is 1. The Hall–Kier alpha value is -1.99. The molecular formula is C18H26ClN3O4. The maximum atomic E-state index is 12.1. The molecule has 0 aliphatic heterocycles. The van der Waals surface area contributed by atoms with Crippen LogP contribution in [0.2, 0.25) is 5.02 Å². The number of amides is 1. The van der Waals surface area contributed by atoms with Crippen molar-refractivity contribution in [1.29, 1.82) is 0 Å². The van der Waals surface area contributed by atoms with E-state index in [1.54, 1.807) is 25.3 Å². The molecule has 1 saturated carbocycles. The van der Waals surface area contributed by atoms with E-state index >= 15 is 0 Å². The second kappa shape index (κ2) is 9.64. The molecule has 0 bridgehead atoms. The zero-order valence-corrected chi connectivity index (χ0v) is 15.9. The summed E-state index contributed by atoms with van der Waals surface area (Å²) in [6, 6.07) is 5.63. The number of hydrogen-bond acceptors (Lipinski definition) is 5. The summed E-state index contributed by atoms with van der Waals surface area (Å²) in [5.74, 6) is -0.167. The van der Waals surface area contributed by atoms with Crippen molar-refractivity contribution in [3.8, 4) is 5.75 Å². The summed E-state index contributed by atoms with van der Waals surface area (Å²) < 4.78 is 5.25. The van der Waals surface area contributed by atoms with E-state index in [4.69, 9.17) is 21.4 Å². The van der Waals surface area contributed by atoms with E-state index in [0.717, 1.165) is 18.5 Å². The van der Waals surface area contributed by atoms with Gasteiger partial charge in [-0.3, -0.25) is 14.5 Å². The van der Waals surface area contributed by atoms with E-state index in [-0.39, 0.29) is 24.5 Å². The first-order chi connectivity index (χ1) is 12.4. The molecule has 0 saturated heterocycles. The van der Waals surface area contributed by atoms with Gasteiger partial charge in [-0.25, -0.2) is 0 Å². The highest BCUT2D eigenvalue weighted by Gasteiger charge is 2.34. The topological polar surface area (TPSA) is 90.9 Å². The van der Waals surface area contributed by atoms with Crippen LogP contribution in [0.4, 0.5) is 5.69 Å². The summed E-state index contributed by atoms with van der Waals surface area (Å²) in [5, 5.41) is 15.7. The lowest BCUT2D eigenvalue weighted by Crippen LogP contribution is -2.54. The highest BCUT2D eigenvalue weighted by atomic mass is 35.5. The number of aliphatic carboxylic acids is 1. The minimum atomic E-state index is -0.818. The minimum absolute atomic E-state index is 0.0248. The van der Waals surface area contributed by atoms with Gasteiger partial charge in [0.05, 0.1) is 19.3 Å². The van der Waals surface area contributed by atoms with Crippen molar-refractivity contribution in [2.24, 2.45) is 0 Å². The predicted octanol–water partition coefficient (Wildman–Crippen LogP) is 2.20. The molecule has 1 aromatic carbocycles. The summed E-state index contributed by atoms with van der Waals surface area (Å²) in [5.41, 5.74) is 0.753. The highest BCUT2D eigenvalue weighted by molar-refractivity contribution is 6.30. The molecule has 0 heterocycles. The standard InChI is InChI=1S/C18H26ClN3O4/c1-3-22(11-18(24)25)14-9-13(10-14)21-17(23)6-7-20-15-8-12(19)4-5-16(15)26-2/h4-5,8,13-14,20H,3,6-7,9-11H2,1-2H3,(H,21,23)(H,24,25). The van der Waals surface area contributed by atoms with Crippen molar-refractivity contribution in [3.05, 3.63) is 23.2 Å². The first-order valence-corrected chi connectivity index (χ1v) is 9.13. The summed E-state index contributed by atoms with van der Waals surface area (Å²) >= 11 is 5.98. The molecule has 0 spiro atoms. The summed E-state index contributed by atoms with van der Waals surface area (Å²) in [4.78, 5) is 24.8. The first-order valence-electron chi connectivity index (χ1n) is 8.75. The fourth-order valence-corrected chi connectivity index (χ4v) is 3.28. The van der Waals surface area contributed by atoms with Gasteiger partial charge in [0.2, 0.25) is 5.91 Å². The largest absolute Gasteiger partial charge is 0.495 e. The van der Waals surface area contributed by atoms with Gasteiger partial charge < -0.3 is 20.5 Å². The van der Waals surface area contributed by atoms with Gasteiger partial charge in [0.15, 0.2) is 0 Å². The van der Waals surface area contributed by atoms with Crippen molar-refractivity contribution >= 4 is 29.2 Å². The number of methoxy groups -OCH3 is 1. The third kappa shape index (κ3) is 5.78. The van der Waals surface area contributed by atoms with Crippen LogP contribution in [-0.2, 0) is 9.59 Å².